The number of hydrogen-bond donors (Lipinski definition) is 8. The minimum atomic E-state index is -0.511. The number of unbranched alkanes of at least 4 members (excludes halogenated alkanes) is 20. The molecular weight excluding hydrogens is 1550 g/mol. The number of fused-ring (bicyclic) bond motifs is 8. The van der Waals surface area contributed by atoms with Crippen molar-refractivity contribution in [1.29, 1.82) is 0 Å². The van der Waals surface area contributed by atoms with Crippen LogP contribution in [0.3, 0.4) is 0 Å². The first-order valence-corrected chi connectivity index (χ1v) is 49.5. The van der Waals surface area contributed by atoms with Crippen LogP contribution in [0.15, 0.2) is 97.1 Å². The molecule has 4 aromatic carbocycles. The summed E-state index contributed by atoms with van der Waals surface area (Å²) in [5.41, 5.74) is 2.89. The van der Waals surface area contributed by atoms with Crippen LogP contribution in [0, 0.1) is 0 Å². The number of ether oxygens (including phenoxy) is 4. The van der Waals surface area contributed by atoms with Gasteiger partial charge in [0.2, 0.25) is 23.6 Å². The molecule has 0 unspecified atom stereocenters. The molecule has 8 N–H and O–H groups in total. The first-order chi connectivity index (χ1) is 60.8. The topological polar surface area (TPSA) is 270 Å². The molecule has 0 spiro atoms. The molecule has 0 saturated carbocycles. The van der Waals surface area contributed by atoms with Crippen LogP contribution in [0.5, 0.6) is 23.0 Å². The van der Waals surface area contributed by atoms with Gasteiger partial charge in [-0.25, -0.2) is 0 Å². The van der Waals surface area contributed by atoms with E-state index in [9.17, 15) is 38.4 Å². The Morgan fingerprint density at radius 2 is 0.452 bits per heavy atom. The number of nitrogens with one attached hydrogen (secondary N) is 8. The van der Waals surface area contributed by atoms with Crippen molar-refractivity contribution in [3.63, 3.8) is 0 Å². The fourth-order valence-electron chi connectivity index (χ4n) is 15.4. The van der Waals surface area contributed by atoms with Gasteiger partial charge in [-0.1, -0.05) is 296 Å². The van der Waals surface area contributed by atoms with Gasteiger partial charge in [0.25, 0.3) is 23.6 Å². The molecular formula is C104H164N8O12. The Kier molecular flexibility index (Phi) is 61.0. The van der Waals surface area contributed by atoms with E-state index in [1.54, 1.807) is 72.8 Å². The van der Waals surface area contributed by atoms with E-state index in [4.69, 9.17) is 18.9 Å². The molecule has 0 atom stereocenters. The summed E-state index contributed by atoms with van der Waals surface area (Å²) in [5, 5.41) is 23.5. The van der Waals surface area contributed by atoms with Crippen LogP contribution in [-0.2, 0) is 19.2 Å². The molecule has 1 heterocycles. The van der Waals surface area contributed by atoms with Crippen molar-refractivity contribution in [1.82, 2.24) is 21.3 Å². The molecule has 1 aliphatic heterocycles. The van der Waals surface area contributed by atoms with E-state index in [1.807, 2.05) is 0 Å². The summed E-state index contributed by atoms with van der Waals surface area (Å²) in [5.74, 6) is -1.08. The number of hydrogen-bond acceptors (Lipinski definition) is 12. The summed E-state index contributed by atoms with van der Waals surface area (Å²) in [4.78, 5) is 110. The lowest BCUT2D eigenvalue weighted by atomic mass is 10.1. The van der Waals surface area contributed by atoms with E-state index in [-0.39, 0.29) is 47.8 Å². The van der Waals surface area contributed by atoms with Gasteiger partial charge in [-0.2, -0.15) is 0 Å². The van der Waals surface area contributed by atoms with Crippen LogP contribution in [-0.4, -0.2) is 99.9 Å². The molecule has 1 aliphatic rings. The summed E-state index contributed by atoms with van der Waals surface area (Å²) in [7, 11) is 0. The van der Waals surface area contributed by atoms with Crippen LogP contribution >= 0.6 is 0 Å². The molecule has 0 saturated heterocycles. The normalized spacial score (nSPS) is 16.5. The predicted octanol–water partition coefficient (Wildman–Crippen LogP) is 26.0. The lowest BCUT2D eigenvalue weighted by molar-refractivity contribution is -0.117. The predicted molar refractivity (Wildman–Crippen MR) is 511 cm³/mol. The monoisotopic (exact) mass is 1720 g/mol. The number of carbonyl (C=O) groups excluding carboxylic acids is 8. The van der Waals surface area contributed by atoms with E-state index >= 15 is 0 Å². The third kappa shape index (κ3) is 51.1. The highest BCUT2D eigenvalue weighted by Crippen LogP contribution is 2.30. The molecule has 0 aliphatic carbocycles. The zero-order valence-corrected chi connectivity index (χ0v) is 77.4. The third-order valence-corrected chi connectivity index (χ3v) is 22.9. The van der Waals surface area contributed by atoms with Crippen molar-refractivity contribution in [2.24, 2.45) is 0 Å². The van der Waals surface area contributed by atoms with Crippen molar-refractivity contribution in [3.8, 4) is 23.0 Å². The molecule has 20 nitrogen and oxygen atoms in total. The van der Waals surface area contributed by atoms with E-state index in [1.165, 1.54) is 89.9 Å². The fourth-order valence-corrected chi connectivity index (χ4v) is 15.4. The van der Waals surface area contributed by atoms with E-state index in [0.29, 0.717) is 109 Å². The number of anilines is 4. The van der Waals surface area contributed by atoms with Crippen molar-refractivity contribution < 1.29 is 57.3 Å². The molecule has 0 fully saturated rings. The SMILES string of the molecule is CCCCCCCCOc1ccc2cc1C(=O)NCCCCCCCCCC=CCCCCCCCCC(=O)Nc1ccc(OCCCCCCCC)c(c1)C(=O)NCC(=O)Nc1ccc(OCCCCCCCC)c(c1)C(=O)NCCCCCCCCCC=CCCCCCCCCC(=O)Nc1ccc(OCCCCCCCC)c(c1)C(=O)NCC(=O)N2. The van der Waals surface area contributed by atoms with E-state index in [2.05, 4.69) is 94.5 Å². The van der Waals surface area contributed by atoms with Gasteiger partial charge in [0.15, 0.2) is 0 Å². The number of carbonyl (C=O) groups is 8. The molecule has 5 rings (SSSR count). The smallest absolute Gasteiger partial charge is 0.255 e. The summed E-state index contributed by atoms with van der Waals surface area (Å²) in [6.45, 7) is 11.0. The van der Waals surface area contributed by atoms with Gasteiger partial charge < -0.3 is 61.5 Å². The average molecular weight is 1720 g/mol. The van der Waals surface area contributed by atoms with Crippen LogP contribution in [0.2, 0.25) is 0 Å². The Hall–Kier alpha value is -8.68. The Morgan fingerprint density at radius 1 is 0.234 bits per heavy atom. The maximum atomic E-state index is 14.0. The van der Waals surface area contributed by atoms with Crippen LogP contribution < -0.4 is 61.5 Å². The summed E-state index contributed by atoms with van der Waals surface area (Å²) >= 11 is 0. The maximum Gasteiger partial charge on any atom is 0.255 e. The Bertz CT molecular complexity index is 3420. The second-order valence-electron chi connectivity index (χ2n) is 34.2. The first-order valence-electron chi connectivity index (χ1n) is 49.5. The Morgan fingerprint density at radius 3 is 0.718 bits per heavy atom. The van der Waals surface area contributed by atoms with Crippen molar-refractivity contribution in [2.75, 3.05) is 73.9 Å². The molecule has 4 aromatic rings. The maximum absolute atomic E-state index is 14.0. The van der Waals surface area contributed by atoms with Gasteiger partial charge in [0.05, 0.1) is 61.8 Å². The molecule has 8 bridgehead atoms. The summed E-state index contributed by atoms with van der Waals surface area (Å²) < 4.78 is 24.8. The lowest BCUT2D eigenvalue weighted by Gasteiger charge is -2.15. The van der Waals surface area contributed by atoms with Crippen molar-refractivity contribution >= 4 is 70.0 Å². The molecule has 0 aromatic heterocycles. The van der Waals surface area contributed by atoms with Gasteiger partial charge >= 0.3 is 0 Å². The third-order valence-electron chi connectivity index (χ3n) is 22.9. The summed E-state index contributed by atoms with van der Waals surface area (Å²) in [6.07, 6.45) is 68.1. The fraction of sp³-hybridized carbons (Fsp3) is 0.654. The average Bonchev–Trinajstić information content (AvgIpc) is 0.847. The van der Waals surface area contributed by atoms with E-state index in [0.717, 1.165) is 257 Å². The standard InChI is InChI=1S/C104H164N8O12/c1-5-9-13-17-51-59-75-121-93-71-67-87-81-89(93)101(117)105-73-57-49-45-41-37-33-29-25-21-23-27-31-35-39-44-48-56-64-98(114)110-86-66-70-96(124-78-62-54-20-16-12-8-4)92(80-86)104(120)108-84-100(116)112-88-68-72-94(122-76-60-52-18-14-10-6-2)90(82-88)102(118)106-74-58-50-46-42-38-34-30-26-22-24-28-32-36-40-43-47-55-63-97(113)109-85-65-69-95(123-77-61-53-19-15-11-7-3)91(79-85)103(119)107-83-99(115)111-87/h21-24,65-72,79-82H,5-20,25-64,73-78,83-84H2,1-4H3,(H,105,117)(H,106,118)(H,107,119)(H,108,120)(H,109,113)(H,110,114)(H,111,115)(H,112,116). The molecule has 692 valence electrons. The highest BCUT2D eigenvalue weighted by atomic mass is 16.5. The quantitative estimate of drug-likeness (QED) is 0.0168. The first kappa shape index (κ1) is 106. The van der Waals surface area contributed by atoms with E-state index < -0.39 is 23.6 Å². The molecule has 124 heavy (non-hydrogen) atoms. The zero-order valence-electron chi connectivity index (χ0n) is 77.4. The van der Waals surface area contributed by atoms with Gasteiger partial charge in [-0.3, -0.25) is 38.4 Å². The largest absolute Gasteiger partial charge is 0.493 e. The molecule has 8 amide bonds. The number of benzene rings is 4. The Balaban J connectivity index is 1.16. The number of allylic oxidation sites excluding steroid dienone is 4. The van der Waals surface area contributed by atoms with Crippen LogP contribution in [0.1, 0.15) is 429 Å². The number of amides is 8. The van der Waals surface area contributed by atoms with Crippen LogP contribution in [0.25, 0.3) is 0 Å². The second-order valence-corrected chi connectivity index (χ2v) is 34.2. The minimum absolute atomic E-state index is 0.124. The van der Waals surface area contributed by atoms with Crippen molar-refractivity contribution in [2.45, 2.75) is 387 Å². The van der Waals surface area contributed by atoms with Gasteiger partial charge in [0.1, 0.15) is 23.0 Å². The molecule has 20 heteroatoms. The van der Waals surface area contributed by atoms with Crippen LogP contribution in [0.4, 0.5) is 22.7 Å². The zero-order chi connectivity index (χ0) is 88.6. The lowest BCUT2D eigenvalue weighted by Crippen LogP contribution is -2.33. The van der Waals surface area contributed by atoms with Gasteiger partial charge in [-0.15, -0.1) is 0 Å². The Labute approximate surface area is 748 Å². The molecule has 0 radical (unpaired) electrons. The second kappa shape index (κ2) is 71.5. The van der Waals surface area contributed by atoms with Gasteiger partial charge in [-0.05, 0) is 176 Å². The highest BCUT2D eigenvalue weighted by molar-refractivity contribution is 6.05. The van der Waals surface area contributed by atoms with Crippen molar-refractivity contribution in [3.05, 3.63) is 119 Å². The highest BCUT2D eigenvalue weighted by Gasteiger charge is 2.22. The summed E-state index contributed by atoms with van der Waals surface area (Å²) in [6, 6.07) is 20.4. The van der Waals surface area contributed by atoms with Gasteiger partial charge in [0, 0.05) is 48.7 Å². The minimum Gasteiger partial charge on any atom is -0.493 e. The number of rotatable bonds is 32.